The maximum absolute atomic E-state index is 12.9. The van der Waals surface area contributed by atoms with Crippen LogP contribution in [0.5, 0.6) is 0 Å². The molecule has 1 aliphatic carbocycles. The van der Waals surface area contributed by atoms with E-state index in [0.29, 0.717) is 17.3 Å². The molecule has 0 amide bonds. The number of halogens is 5. The summed E-state index contributed by atoms with van der Waals surface area (Å²) in [5, 5.41) is 0. The van der Waals surface area contributed by atoms with Gasteiger partial charge in [-0.05, 0) is 5.56 Å². The van der Waals surface area contributed by atoms with Crippen molar-refractivity contribution < 1.29 is 22.0 Å². The van der Waals surface area contributed by atoms with Gasteiger partial charge in [-0.2, -0.15) is 17.6 Å². The zero-order chi connectivity index (χ0) is 12.7. The van der Waals surface area contributed by atoms with Crippen molar-refractivity contribution in [1.82, 2.24) is 0 Å². The van der Waals surface area contributed by atoms with Crippen LogP contribution in [0.2, 0.25) is 0 Å². The molecule has 0 nitrogen and oxygen atoms in total. The van der Waals surface area contributed by atoms with E-state index in [1.807, 2.05) is 0 Å². The molecule has 1 aromatic rings. The van der Waals surface area contributed by atoms with Gasteiger partial charge in [0.15, 0.2) is 5.83 Å². The second-order valence-electron chi connectivity index (χ2n) is 3.57. The number of benzene rings is 1. The highest BCUT2D eigenvalue weighted by atomic mass is 32.2. The van der Waals surface area contributed by atoms with Gasteiger partial charge in [0.05, 0.1) is 4.91 Å². The minimum Gasteiger partial charge on any atom is -0.204 e. The smallest absolute Gasteiger partial charge is 0.204 e. The van der Waals surface area contributed by atoms with Crippen molar-refractivity contribution in [3.8, 4) is 0 Å². The Labute approximate surface area is 98.5 Å². The van der Waals surface area contributed by atoms with E-state index in [9.17, 15) is 22.0 Å². The Morgan fingerprint density at radius 1 is 0.941 bits per heavy atom. The van der Waals surface area contributed by atoms with E-state index < -0.39 is 22.6 Å². The predicted molar refractivity (Wildman–Crippen MR) is 55.8 cm³/mol. The average molecular weight is 266 g/mol. The lowest BCUT2D eigenvalue weighted by Crippen LogP contribution is -2.51. The van der Waals surface area contributed by atoms with Gasteiger partial charge in [-0.1, -0.05) is 30.3 Å². The van der Waals surface area contributed by atoms with E-state index in [-0.39, 0.29) is 5.75 Å². The number of thioether (sulfide) groups is 1. The van der Waals surface area contributed by atoms with Gasteiger partial charge >= 0.3 is 11.8 Å². The quantitative estimate of drug-likeness (QED) is 0.731. The second kappa shape index (κ2) is 4.01. The summed E-state index contributed by atoms with van der Waals surface area (Å²) in [5.74, 6) is -11.0. The monoisotopic (exact) mass is 266 g/mol. The lowest BCUT2D eigenvalue weighted by Gasteiger charge is -2.36. The third-order valence-corrected chi connectivity index (χ3v) is 3.58. The molecule has 0 bridgehead atoms. The molecule has 0 fully saturated rings. The van der Waals surface area contributed by atoms with Crippen LogP contribution in [-0.4, -0.2) is 11.8 Å². The molecule has 1 aromatic carbocycles. The highest BCUT2D eigenvalue weighted by Crippen LogP contribution is 2.60. The number of allylic oxidation sites excluding steroid dienone is 2. The summed E-state index contributed by atoms with van der Waals surface area (Å²) in [5.41, 5.74) is 0.670. The van der Waals surface area contributed by atoms with Crippen LogP contribution >= 0.6 is 11.8 Å². The minimum atomic E-state index is -4.65. The first-order valence-corrected chi connectivity index (χ1v) is 5.69. The fraction of sp³-hybridized carbons (Fsp3) is 0.273. The van der Waals surface area contributed by atoms with Crippen LogP contribution in [0.1, 0.15) is 5.56 Å². The van der Waals surface area contributed by atoms with Crippen LogP contribution in [0, 0.1) is 0 Å². The van der Waals surface area contributed by atoms with Crippen LogP contribution in [0.4, 0.5) is 22.0 Å². The number of hydrogen-bond donors (Lipinski definition) is 0. The first-order chi connectivity index (χ1) is 7.87. The van der Waals surface area contributed by atoms with Crippen molar-refractivity contribution in [1.29, 1.82) is 0 Å². The standard InChI is InChI=1S/C11H7F5S/c12-8-9(11(15,16)10(8,13)14)17-6-7-4-2-1-3-5-7/h1-5H,6H2. The van der Waals surface area contributed by atoms with Gasteiger partial charge in [-0.25, -0.2) is 4.39 Å². The van der Waals surface area contributed by atoms with Crippen LogP contribution in [0.3, 0.4) is 0 Å². The van der Waals surface area contributed by atoms with E-state index in [1.165, 1.54) is 0 Å². The number of alkyl halides is 4. The molecule has 0 saturated carbocycles. The zero-order valence-corrected chi connectivity index (χ0v) is 9.21. The highest BCUT2D eigenvalue weighted by molar-refractivity contribution is 8.02. The molecule has 0 heterocycles. The molecule has 6 heteroatoms. The topological polar surface area (TPSA) is 0 Å². The largest absolute Gasteiger partial charge is 0.366 e. The molecule has 0 unspecified atom stereocenters. The lowest BCUT2D eigenvalue weighted by molar-refractivity contribution is -0.196. The van der Waals surface area contributed by atoms with Crippen molar-refractivity contribution in [2.24, 2.45) is 0 Å². The van der Waals surface area contributed by atoms with Gasteiger partial charge in [0.2, 0.25) is 0 Å². The maximum Gasteiger partial charge on any atom is 0.366 e. The molecule has 0 atom stereocenters. The van der Waals surface area contributed by atoms with Crippen LogP contribution < -0.4 is 0 Å². The Morgan fingerprint density at radius 2 is 1.53 bits per heavy atom. The van der Waals surface area contributed by atoms with Gasteiger partial charge in [0, 0.05) is 5.75 Å². The number of hydrogen-bond acceptors (Lipinski definition) is 1. The summed E-state index contributed by atoms with van der Waals surface area (Å²) in [6.45, 7) is 0. The van der Waals surface area contributed by atoms with E-state index in [2.05, 4.69) is 0 Å². The van der Waals surface area contributed by atoms with Crippen LogP contribution in [-0.2, 0) is 5.75 Å². The van der Waals surface area contributed by atoms with Gasteiger partial charge in [0.25, 0.3) is 0 Å². The molecule has 1 aliphatic rings. The van der Waals surface area contributed by atoms with E-state index in [1.54, 1.807) is 30.3 Å². The summed E-state index contributed by atoms with van der Waals surface area (Å²) in [4.78, 5) is -1.16. The Morgan fingerprint density at radius 3 is 2.06 bits per heavy atom. The van der Waals surface area contributed by atoms with Crippen molar-refractivity contribution in [2.75, 3.05) is 0 Å². The summed E-state index contributed by atoms with van der Waals surface area (Å²) >= 11 is 0.408. The molecular formula is C11H7F5S. The molecule has 0 radical (unpaired) electrons. The third kappa shape index (κ3) is 1.84. The Bertz CT molecular complexity index is 452. The van der Waals surface area contributed by atoms with Crippen LogP contribution in [0.25, 0.3) is 0 Å². The summed E-state index contributed by atoms with van der Waals surface area (Å²) in [7, 11) is 0. The molecule has 0 saturated heterocycles. The fourth-order valence-corrected chi connectivity index (χ4v) is 2.45. The molecule has 17 heavy (non-hydrogen) atoms. The Hall–Kier alpha value is -1.04. The zero-order valence-electron chi connectivity index (χ0n) is 8.39. The minimum absolute atomic E-state index is 0.0370. The molecule has 92 valence electrons. The lowest BCUT2D eigenvalue weighted by atomic mass is 9.98. The first-order valence-electron chi connectivity index (χ1n) is 4.70. The molecular weight excluding hydrogens is 259 g/mol. The van der Waals surface area contributed by atoms with E-state index >= 15 is 0 Å². The maximum atomic E-state index is 12.9. The van der Waals surface area contributed by atoms with Crippen molar-refractivity contribution in [2.45, 2.75) is 17.6 Å². The Kier molecular flexibility index (Phi) is 2.93. The van der Waals surface area contributed by atoms with Crippen LogP contribution in [0.15, 0.2) is 41.1 Å². The number of rotatable bonds is 3. The van der Waals surface area contributed by atoms with E-state index in [0.717, 1.165) is 0 Å². The van der Waals surface area contributed by atoms with E-state index in [4.69, 9.17) is 0 Å². The van der Waals surface area contributed by atoms with Crippen molar-refractivity contribution in [3.05, 3.63) is 46.6 Å². The summed E-state index contributed by atoms with van der Waals surface area (Å²) in [6.07, 6.45) is 0. The summed E-state index contributed by atoms with van der Waals surface area (Å²) < 4.78 is 63.5. The van der Waals surface area contributed by atoms with Gasteiger partial charge in [-0.3, -0.25) is 0 Å². The molecule has 0 spiro atoms. The SMILES string of the molecule is FC1=C(SCc2ccccc2)C(F)(F)C1(F)F. The normalized spacial score (nSPS) is 21.2. The molecule has 2 rings (SSSR count). The molecule has 0 N–H and O–H groups in total. The molecule has 0 aliphatic heterocycles. The second-order valence-corrected chi connectivity index (χ2v) is 4.55. The van der Waals surface area contributed by atoms with Crippen molar-refractivity contribution >= 4 is 11.8 Å². The van der Waals surface area contributed by atoms with Crippen molar-refractivity contribution in [3.63, 3.8) is 0 Å². The Balaban J connectivity index is 2.09. The predicted octanol–water partition coefficient (Wildman–Crippen LogP) is 4.39. The van der Waals surface area contributed by atoms with Gasteiger partial charge in [0.1, 0.15) is 0 Å². The highest BCUT2D eigenvalue weighted by Gasteiger charge is 2.72. The third-order valence-electron chi connectivity index (χ3n) is 2.38. The fourth-order valence-electron chi connectivity index (χ4n) is 1.38. The summed E-state index contributed by atoms with van der Waals surface area (Å²) in [6, 6.07) is 8.42. The van der Waals surface area contributed by atoms with Gasteiger partial charge in [-0.15, -0.1) is 11.8 Å². The molecule has 0 aromatic heterocycles. The average Bonchev–Trinajstić information content (AvgIpc) is 2.29. The van der Waals surface area contributed by atoms with Gasteiger partial charge < -0.3 is 0 Å². The first kappa shape index (κ1) is 12.4.